The van der Waals surface area contributed by atoms with Gasteiger partial charge in [-0.25, -0.2) is 0 Å². The van der Waals surface area contributed by atoms with Crippen molar-refractivity contribution in [2.24, 2.45) is 5.73 Å². The van der Waals surface area contributed by atoms with E-state index in [1.165, 1.54) is 0 Å². The van der Waals surface area contributed by atoms with Gasteiger partial charge in [-0.15, -0.1) is 0 Å². The molecule has 1 aromatic rings. The first-order chi connectivity index (χ1) is 8.30. The van der Waals surface area contributed by atoms with Crippen molar-refractivity contribution >= 4 is 11.6 Å². The maximum Gasteiger partial charge on any atom is 0.246 e. The van der Waals surface area contributed by atoms with Crippen LogP contribution in [0.4, 0.5) is 5.69 Å². The van der Waals surface area contributed by atoms with Crippen molar-refractivity contribution < 1.29 is 14.3 Å². The van der Waals surface area contributed by atoms with Gasteiger partial charge in [-0.3, -0.25) is 4.79 Å². The summed E-state index contributed by atoms with van der Waals surface area (Å²) in [5.41, 5.74) is 6.65. The number of hydrogen-bond acceptors (Lipinski definition) is 4. The first kappa shape index (κ1) is 12.7. The van der Waals surface area contributed by atoms with Gasteiger partial charge in [0.15, 0.2) is 11.5 Å². The summed E-state index contributed by atoms with van der Waals surface area (Å²) in [6, 6.07) is 3.67. The van der Waals surface area contributed by atoms with Crippen LogP contribution in [0.15, 0.2) is 12.1 Å². The Kier molecular flexibility index (Phi) is 2.94. The summed E-state index contributed by atoms with van der Waals surface area (Å²) in [5.74, 6) is 1.22. The van der Waals surface area contributed by atoms with Crippen molar-refractivity contribution in [2.45, 2.75) is 26.3 Å². The molecule has 1 aliphatic heterocycles. The maximum atomic E-state index is 12.1. The standard InChI is InChI=1S/C13H18N2O3/c1-8-5-10-11(18-7-17-10)6-9(8)15(4)12(16)13(2,3)14/h5-6H,7,14H2,1-4H3. The Bertz CT molecular complexity index is 492. The van der Waals surface area contributed by atoms with Crippen LogP contribution in [0.25, 0.3) is 0 Å². The van der Waals surface area contributed by atoms with E-state index >= 15 is 0 Å². The van der Waals surface area contributed by atoms with Crippen molar-refractivity contribution in [3.63, 3.8) is 0 Å². The molecule has 1 heterocycles. The molecule has 0 aromatic heterocycles. The Hall–Kier alpha value is -1.75. The van der Waals surface area contributed by atoms with E-state index in [-0.39, 0.29) is 12.7 Å². The third-order valence-corrected chi connectivity index (χ3v) is 2.91. The van der Waals surface area contributed by atoms with Crippen LogP contribution in [0, 0.1) is 6.92 Å². The lowest BCUT2D eigenvalue weighted by atomic mass is 10.0. The third-order valence-electron chi connectivity index (χ3n) is 2.91. The van der Waals surface area contributed by atoms with E-state index < -0.39 is 5.54 Å². The van der Waals surface area contributed by atoms with Crippen LogP contribution in [0.3, 0.4) is 0 Å². The molecule has 1 aromatic carbocycles. The molecule has 0 bridgehead atoms. The molecule has 0 fully saturated rings. The lowest BCUT2D eigenvalue weighted by Crippen LogP contribution is -2.50. The predicted octanol–water partition coefficient (Wildman–Crippen LogP) is 1.42. The number of rotatable bonds is 2. The lowest BCUT2D eigenvalue weighted by Gasteiger charge is -2.27. The second kappa shape index (κ2) is 4.17. The second-order valence-electron chi connectivity index (χ2n) is 5.08. The smallest absolute Gasteiger partial charge is 0.246 e. The number of likely N-dealkylation sites (N-methyl/N-ethyl adjacent to an activating group) is 1. The first-order valence-corrected chi connectivity index (χ1v) is 5.78. The van der Waals surface area contributed by atoms with E-state index in [0.717, 1.165) is 11.3 Å². The summed E-state index contributed by atoms with van der Waals surface area (Å²) in [6.45, 7) is 5.52. The quantitative estimate of drug-likeness (QED) is 0.862. The van der Waals surface area contributed by atoms with E-state index in [1.54, 1.807) is 31.9 Å². The molecule has 5 nitrogen and oxygen atoms in total. The molecule has 0 atom stereocenters. The number of nitrogens with zero attached hydrogens (tertiary/aromatic N) is 1. The zero-order chi connectivity index (χ0) is 13.5. The van der Waals surface area contributed by atoms with Gasteiger partial charge in [0.2, 0.25) is 12.7 Å². The number of hydrogen-bond donors (Lipinski definition) is 1. The molecule has 1 amide bonds. The van der Waals surface area contributed by atoms with E-state index in [4.69, 9.17) is 15.2 Å². The minimum absolute atomic E-state index is 0.149. The number of amides is 1. The Morgan fingerprint density at radius 3 is 2.44 bits per heavy atom. The van der Waals surface area contributed by atoms with Crippen LogP contribution in [0.2, 0.25) is 0 Å². The fraction of sp³-hybridized carbons (Fsp3) is 0.462. The number of carbonyl (C=O) groups excluding carboxylic acids is 1. The van der Waals surface area contributed by atoms with E-state index in [1.807, 2.05) is 13.0 Å². The number of nitrogens with two attached hydrogens (primary N) is 1. The molecule has 18 heavy (non-hydrogen) atoms. The fourth-order valence-electron chi connectivity index (χ4n) is 1.94. The highest BCUT2D eigenvalue weighted by atomic mass is 16.7. The number of aryl methyl sites for hydroxylation is 1. The van der Waals surface area contributed by atoms with E-state index in [2.05, 4.69) is 0 Å². The molecule has 0 spiro atoms. The Labute approximate surface area is 106 Å². The largest absolute Gasteiger partial charge is 0.454 e. The van der Waals surface area contributed by atoms with Crippen LogP contribution in [0.5, 0.6) is 11.5 Å². The van der Waals surface area contributed by atoms with Crippen molar-refractivity contribution in [1.82, 2.24) is 0 Å². The van der Waals surface area contributed by atoms with Gasteiger partial charge < -0.3 is 20.1 Å². The molecular formula is C13H18N2O3. The molecule has 0 saturated carbocycles. The average Bonchev–Trinajstić information content (AvgIpc) is 2.71. The molecule has 2 N–H and O–H groups in total. The normalized spacial score (nSPS) is 13.6. The molecule has 1 aliphatic rings. The van der Waals surface area contributed by atoms with Gasteiger partial charge in [-0.05, 0) is 32.4 Å². The topological polar surface area (TPSA) is 64.8 Å². The van der Waals surface area contributed by atoms with Crippen LogP contribution < -0.4 is 20.1 Å². The molecule has 2 rings (SSSR count). The van der Waals surface area contributed by atoms with Crippen molar-refractivity contribution in [3.05, 3.63) is 17.7 Å². The van der Waals surface area contributed by atoms with Gasteiger partial charge in [0, 0.05) is 13.1 Å². The fourth-order valence-corrected chi connectivity index (χ4v) is 1.94. The summed E-state index contributed by atoms with van der Waals surface area (Å²) in [5, 5.41) is 0. The van der Waals surface area contributed by atoms with Crippen molar-refractivity contribution in [3.8, 4) is 11.5 Å². The SMILES string of the molecule is Cc1cc2c(cc1N(C)C(=O)C(C)(C)N)OCO2. The summed E-state index contributed by atoms with van der Waals surface area (Å²) in [6.07, 6.45) is 0. The highest BCUT2D eigenvalue weighted by Crippen LogP contribution is 2.38. The first-order valence-electron chi connectivity index (χ1n) is 5.78. The van der Waals surface area contributed by atoms with Crippen LogP contribution in [-0.2, 0) is 4.79 Å². The second-order valence-corrected chi connectivity index (χ2v) is 5.08. The minimum atomic E-state index is -0.905. The molecule has 0 aliphatic carbocycles. The number of benzene rings is 1. The van der Waals surface area contributed by atoms with Gasteiger partial charge in [-0.1, -0.05) is 0 Å². The number of carbonyl (C=O) groups is 1. The van der Waals surface area contributed by atoms with Gasteiger partial charge >= 0.3 is 0 Å². The predicted molar refractivity (Wildman–Crippen MR) is 69.0 cm³/mol. The van der Waals surface area contributed by atoms with Gasteiger partial charge in [0.25, 0.3) is 0 Å². The molecule has 0 saturated heterocycles. The average molecular weight is 250 g/mol. The van der Waals surface area contributed by atoms with Gasteiger partial charge in [-0.2, -0.15) is 0 Å². The Morgan fingerprint density at radius 1 is 1.33 bits per heavy atom. The van der Waals surface area contributed by atoms with Crippen LogP contribution >= 0.6 is 0 Å². The van der Waals surface area contributed by atoms with Crippen LogP contribution in [0.1, 0.15) is 19.4 Å². The Morgan fingerprint density at radius 2 is 1.89 bits per heavy atom. The van der Waals surface area contributed by atoms with Gasteiger partial charge in [0.1, 0.15) is 0 Å². The zero-order valence-corrected chi connectivity index (χ0v) is 11.1. The summed E-state index contributed by atoms with van der Waals surface area (Å²) >= 11 is 0. The number of ether oxygens (including phenoxy) is 2. The maximum absolute atomic E-state index is 12.1. The molecular weight excluding hydrogens is 232 g/mol. The monoisotopic (exact) mass is 250 g/mol. The van der Waals surface area contributed by atoms with Crippen molar-refractivity contribution in [1.29, 1.82) is 0 Å². The van der Waals surface area contributed by atoms with Crippen LogP contribution in [-0.4, -0.2) is 25.3 Å². The van der Waals surface area contributed by atoms with Gasteiger partial charge in [0.05, 0.1) is 11.2 Å². The highest BCUT2D eigenvalue weighted by Gasteiger charge is 2.28. The van der Waals surface area contributed by atoms with E-state index in [0.29, 0.717) is 11.5 Å². The Balaban J connectivity index is 2.37. The highest BCUT2D eigenvalue weighted by molar-refractivity contribution is 5.99. The molecule has 0 unspecified atom stereocenters. The summed E-state index contributed by atoms with van der Waals surface area (Å²) < 4.78 is 10.6. The summed E-state index contributed by atoms with van der Waals surface area (Å²) in [7, 11) is 1.71. The number of fused-ring (bicyclic) bond motifs is 1. The minimum Gasteiger partial charge on any atom is -0.454 e. The third kappa shape index (κ3) is 2.13. The van der Waals surface area contributed by atoms with E-state index in [9.17, 15) is 4.79 Å². The molecule has 0 radical (unpaired) electrons. The number of anilines is 1. The summed E-state index contributed by atoms with van der Waals surface area (Å²) in [4.78, 5) is 13.7. The zero-order valence-electron chi connectivity index (χ0n) is 11.1. The molecule has 98 valence electrons. The van der Waals surface area contributed by atoms with Crippen molar-refractivity contribution in [2.75, 3.05) is 18.7 Å². The lowest BCUT2D eigenvalue weighted by molar-refractivity contribution is -0.122. The molecule has 5 heteroatoms.